The molecule has 2 aromatic rings. The average Bonchev–Trinajstić information content (AvgIpc) is 3.03. The van der Waals surface area contributed by atoms with Crippen LogP contribution in [0.15, 0.2) is 60.2 Å². The van der Waals surface area contributed by atoms with Gasteiger partial charge >= 0.3 is 0 Å². The zero-order valence-electron chi connectivity index (χ0n) is 16.8. The van der Waals surface area contributed by atoms with E-state index in [2.05, 4.69) is 59.9 Å². The van der Waals surface area contributed by atoms with Crippen LogP contribution in [0.3, 0.4) is 0 Å². The van der Waals surface area contributed by atoms with Gasteiger partial charge in [0.2, 0.25) is 0 Å². The lowest BCUT2D eigenvalue weighted by Gasteiger charge is -2.22. The van der Waals surface area contributed by atoms with E-state index < -0.39 is 0 Å². The Kier molecular flexibility index (Phi) is 5.54. The molecule has 142 valence electrons. The molecule has 0 spiro atoms. The van der Waals surface area contributed by atoms with E-state index in [1.54, 1.807) is 0 Å². The summed E-state index contributed by atoms with van der Waals surface area (Å²) in [6, 6.07) is 10.7. The topological polar surface area (TPSA) is 54.2 Å². The van der Waals surface area contributed by atoms with E-state index >= 15 is 0 Å². The lowest BCUT2D eigenvalue weighted by molar-refractivity contribution is 0.575. The summed E-state index contributed by atoms with van der Waals surface area (Å²) in [4.78, 5) is 6.89. The van der Waals surface area contributed by atoms with E-state index in [4.69, 9.17) is 5.73 Å². The number of hydrogen-bond acceptors (Lipinski definition) is 4. The number of hydrogen-bond donors (Lipinski definition) is 2. The fourth-order valence-corrected chi connectivity index (χ4v) is 3.50. The van der Waals surface area contributed by atoms with Gasteiger partial charge in [0.15, 0.2) is 0 Å². The number of nitrogens with zero attached hydrogens (tertiary/aromatic N) is 2. The third-order valence-electron chi connectivity index (χ3n) is 5.42. The SMILES string of the molecule is C=C1CC(CC)CN1c1ccc(-c2ccc(N/C(C)=C(/C)N)nc2)cc1C. The minimum atomic E-state index is 0.718. The summed E-state index contributed by atoms with van der Waals surface area (Å²) in [5, 5.41) is 3.22. The van der Waals surface area contributed by atoms with E-state index in [9.17, 15) is 0 Å². The molecule has 1 aromatic heterocycles. The Morgan fingerprint density at radius 2 is 2.00 bits per heavy atom. The molecule has 0 bridgehead atoms. The number of nitrogens with two attached hydrogens (primary N) is 1. The van der Waals surface area contributed by atoms with Crippen LogP contribution in [0.1, 0.15) is 39.2 Å². The maximum Gasteiger partial charge on any atom is 0.130 e. The van der Waals surface area contributed by atoms with Crippen LogP contribution in [0.25, 0.3) is 11.1 Å². The second-order valence-corrected chi connectivity index (χ2v) is 7.52. The smallest absolute Gasteiger partial charge is 0.130 e. The quantitative estimate of drug-likeness (QED) is 0.745. The predicted molar refractivity (Wildman–Crippen MR) is 115 cm³/mol. The fourth-order valence-electron chi connectivity index (χ4n) is 3.50. The van der Waals surface area contributed by atoms with Crippen molar-refractivity contribution in [3.8, 4) is 11.1 Å². The molecule has 4 nitrogen and oxygen atoms in total. The minimum Gasteiger partial charge on any atom is -0.401 e. The molecule has 0 saturated carbocycles. The largest absolute Gasteiger partial charge is 0.401 e. The summed E-state index contributed by atoms with van der Waals surface area (Å²) < 4.78 is 0. The van der Waals surface area contributed by atoms with Crippen LogP contribution in [0.4, 0.5) is 11.5 Å². The molecule has 1 aliphatic heterocycles. The highest BCUT2D eigenvalue weighted by Crippen LogP contribution is 2.35. The second-order valence-electron chi connectivity index (χ2n) is 7.52. The Balaban J connectivity index is 1.80. The van der Waals surface area contributed by atoms with Crippen molar-refractivity contribution in [2.45, 2.75) is 40.5 Å². The first-order valence-corrected chi connectivity index (χ1v) is 9.61. The standard InChI is InChI=1S/C23H30N4/c1-6-19-12-16(3)27(14-19)22-9-7-20(11-15(22)2)21-8-10-23(25-13-21)26-18(5)17(4)24/h7-11,13,19H,3,6,12,14,24H2,1-2,4-5H3,(H,25,26)/b18-17-. The molecule has 0 radical (unpaired) electrons. The summed E-state index contributed by atoms with van der Waals surface area (Å²) in [7, 11) is 0. The Bertz CT molecular complexity index is 860. The monoisotopic (exact) mass is 362 g/mol. The molecule has 1 saturated heterocycles. The van der Waals surface area contributed by atoms with Gasteiger partial charge < -0.3 is 16.0 Å². The number of aryl methyl sites for hydroxylation is 1. The van der Waals surface area contributed by atoms with Crippen molar-refractivity contribution in [3.63, 3.8) is 0 Å². The molecule has 1 aromatic carbocycles. The summed E-state index contributed by atoms with van der Waals surface area (Å²) in [6.07, 6.45) is 4.21. The van der Waals surface area contributed by atoms with Crippen LogP contribution < -0.4 is 16.0 Å². The van der Waals surface area contributed by atoms with Gasteiger partial charge in [0, 0.05) is 41.1 Å². The van der Waals surface area contributed by atoms with Crippen LogP contribution in [-0.4, -0.2) is 11.5 Å². The zero-order chi connectivity index (χ0) is 19.6. The molecule has 0 aliphatic carbocycles. The van der Waals surface area contributed by atoms with Gasteiger partial charge in [0.25, 0.3) is 0 Å². The van der Waals surface area contributed by atoms with Gasteiger partial charge in [0.1, 0.15) is 5.82 Å². The Hall–Kier alpha value is -2.75. The Morgan fingerprint density at radius 3 is 2.56 bits per heavy atom. The number of nitrogens with one attached hydrogen (secondary N) is 1. The normalized spacial score (nSPS) is 17.9. The molecular formula is C23H30N4. The van der Waals surface area contributed by atoms with E-state index in [0.717, 1.165) is 41.7 Å². The minimum absolute atomic E-state index is 0.718. The zero-order valence-corrected chi connectivity index (χ0v) is 16.8. The lowest BCUT2D eigenvalue weighted by Crippen LogP contribution is -2.18. The summed E-state index contributed by atoms with van der Waals surface area (Å²) in [5.41, 5.74) is 13.5. The van der Waals surface area contributed by atoms with Crippen molar-refractivity contribution < 1.29 is 0 Å². The lowest BCUT2D eigenvalue weighted by atomic mass is 10.0. The van der Waals surface area contributed by atoms with Gasteiger partial charge in [0.05, 0.1) is 0 Å². The summed E-state index contributed by atoms with van der Waals surface area (Å²) >= 11 is 0. The molecule has 1 unspecified atom stereocenters. The van der Waals surface area contributed by atoms with E-state index in [-0.39, 0.29) is 0 Å². The number of aromatic nitrogens is 1. The molecule has 27 heavy (non-hydrogen) atoms. The van der Waals surface area contributed by atoms with Crippen LogP contribution in [-0.2, 0) is 0 Å². The molecular weight excluding hydrogens is 332 g/mol. The number of allylic oxidation sites excluding steroid dienone is 3. The molecule has 1 aliphatic rings. The molecule has 3 N–H and O–H groups in total. The first-order valence-electron chi connectivity index (χ1n) is 9.61. The molecule has 4 heteroatoms. The second kappa shape index (κ2) is 7.87. The van der Waals surface area contributed by atoms with E-state index in [1.807, 2.05) is 26.1 Å². The maximum atomic E-state index is 5.79. The highest BCUT2D eigenvalue weighted by Gasteiger charge is 2.25. The first-order chi connectivity index (χ1) is 12.9. The van der Waals surface area contributed by atoms with Crippen molar-refractivity contribution >= 4 is 11.5 Å². The molecule has 3 rings (SSSR count). The Morgan fingerprint density at radius 1 is 1.26 bits per heavy atom. The predicted octanol–water partition coefficient (Wildman–Crippen LogP) is 5.43. The van der Waals surface area contributed by atoms with E-state index in [0.29, 0.717) is 0 Å². The molecule has 2 heterocycles. The van der Waals surface area contributed by atoms with Crippen molar-refractivity contribution in [2.24, 2.45) is 11.7 Å². The number of anilines is 2. The number of rotatable bonds is 5. The number of pyridine rings is 1. The van der Waals surface area contributed by atoms with Crippen molar-refractivity contribution in [2.75, 3.05) is 16.8 Å². The van der Waals surface area contributed by atoms with Gasteiger partial charge in [-0.25, -0.2) is 4.98 Å². The highest BCUT2D eigenvalue weighted by atomic mass is 15.2. The third kappa shape index (κ3) is 4.16. The average molecular weight is 363 g/mol. The van der Waals surface area contributed by atoms with Crippen LogP contribution in [0.5, 0.6) is 0 Å². The maximum absolute atomic E-state index is 5.79. The van der Waals surface area contributed by atoms with Gasteiger partial charge in [-0.1, -0.05) is 26.0 Å². The third-order valence-corrected chi connectivity index (χ3v) is 5.42. The molecule has 0 amide bonds. The fraction of sp³-hybridized carbons (Fsp3) is 0.348. The number of benzene rings is 1. The van der Waals surface area contributed by atoms with Crippen LogP contribution >= 0.6 is 0 Å². The molecule has 1 atom stereocenters. The van der Waals surface area contributed by atoms with Gasteiger partial charge in [-0.05, 0) is 68.5 Å². The van der Waals surface area contributed by atoms with Crippen molar-refractivity contribution in [1.82, 2.24) is 4.98 Å². The van der Waals surface area contributed by atoms with E-state index in [1.165, 1.54) is 28.9 Å². The summed E-state index contributed by atoms with van der Waals surface area (Å²) in [6.45, 7) is 13.6. The van der Waals surface area contributed by atoms with Crippen LogP contribution in [0, 0.1) is 12.8 Å². The first kappa shape index (κ1) is 19.0. The molecule has 1 fully saturated rings. The van der Waals surface area contributed by atoms with Gasteiger partial charge in [-0.3, -0.25) is 0 Å². The summed E-state index contributed by atoms with van der Waals surface area (Å²) in [5.74, 6) is 1.52. The Labute approximate surface area is 162 Å². The van der Waals surface area contributed by atoms with Crippen molar-refractivity contribution in [3.05, 3.63) is 65.8 Å². The van der Waals surface area contributed by atoms with Crippen molar-refractivity contribution in [1.29, 1.82) is 0 Å². The highest BCUT2D eigenvalue weighted by molar-refractivity contribution is 5.70. The van der Waals surface area contributed by atoms with Gasteiger partial charge in [-0.2, -0.15) is 0 Å². The van der Waals surface area contributed by atoms with Crippen LogP contribution in [0.2, 0.25) is 0 Å². The van der Waals surface area contributed by atoms with Gasteiger partial charge in [-0.15, -0.1) is 0 Å².